The Kier molecular flexibility index (Phi) is 5.14. The zero-order valence-corrected chi connectivity index (χ0v) is 16.4. The van der Waals surface area contributed by atoms with E-state index < -0.39 is 16.0 Å². The number of nitrogens with one attached hydrogen (secondary N) is 1. The number of para-hydroxylation sites is 1. The first-order valence-corrected chi connectivity index (χ1v) is 10.5. The van der Waals surface area contributed by atoms with Crippen molar-refractivity contribution >= 4 is 39.4 Å². The molecule has 2 aliphatic rings. The number of aromatic nitrogens is 3. The third-order valence-electron chi connectivity index (χ3n) is 4.12. The van der Waals surface area contributed by atoms with Crippen molar-refractivity contribution in [1.29, 1.82) is 0 Å². The normalized spacial score (nSPS) is 16.9. The van der Waals surface area contributed by atoms with Gasteiger partial charge in [0, 0.05) is 18.4 Å². The average molecular weight is 427 g/mol. The van der Waals surface area contributed by atoms with E-state index in [1.165, 1.54) is 18.4 Å². The molecule has 0 bridgehead atoms. The van der Waals surface area contributed by atoms with Gasteiger partial charge in [-0.25, -0.2) is 13.2 Å². The highest BCUT2D eigenvalue weighted by atomic mass is 32.2. The first-order chi connectivity index (χ1) is 14.4. The summed E-state index contributed by atoms with van der Waals surface area (Å²) in [6, 6.07) is 9.27. The summed E-state index contributed by atoms with van der Waals surface area (Å²) in [5, 5.41) is 3.00. The predicted octanol–water partition coefficient (Wildman–Crippen LogP) is 0.738. The van der Waals surface area contributed by atoms with E-state index in [1.807, 2.05) is 30.3 Å². The van der Waals surface area contributed by atoms with Crippen LogP contribution in [0.2, 0.25) is 0 Å². The van der Waals surface area contributed by atoms with Crippen molar-refractivity contribution in [2.24, 2.45) is 4.40 Å². The van der Waals surface area contributed by atoms with Crippen molar-refractivity contribution in [2.45, 2.75) is 6.61 Å². The highest BCUT2D eigenvalue weighted by molar-refractivity contribution is 7.90. The van der Waals surface area contributed by atoms with Gasteiger partial charge < -0.3 is 20.7 Å². The van der Waals surface area contributed by atoms with Crippen molar-refractivity contribution in [3.05, 3.63) is 60.1 Å². The second kappa shape index (κ2) is 7.91. The molecule has 0 radical (unpaired) electrons. The standard InChI is InChI=1S/C18H17N7O4S/c19-17-21-14(22-18(23-17)20-13-4-2-1-3-5-13)11-29-16(26)12-6-7-15-24-30(27,28)9-8-25(15)10-12/h1-7,10H,8-9,11H2,(H3,19,20,21,22,23). The minimum Gasteiger partial charge on any atom is -0.454 e. The average Bonchev–Trinajstić information content (AvgIpc) is 2.71. The number of carbonyl (C=O) groups excluding carboxylic acids is 1. The molecule has 11 nitrogen and oxygen atoms in total. The molecule has 1 aromatic carbocycles. The largest absolute Gasteiger partial charge is 0.454 e. The maximum absolute atomic E-state index is 12.4. The number of hydrogen-bond acceptors (Lipinski definition) is 10. The van der Waals surface area contributed by atoms with Crippen molar-refractivity contribution in [3.8, 4) is 0 Å². The molecular formula is C18H17N7O4S. The Morgan fingerprint density at radius 2 is 1.97 bits per heavy atom. The van der Waals surface area contributed by atoms with Gasteiger partial charge in [0.25, 0.3) is 10.0 Å². The molecule has 30 heavy (non-hydrogen) atoms. The number of nitrogen functional groups attached to an aromatic ring is 1. The van der Waals surface area contributed by atoms with E-state index in [4.69, 9.17) is 10.5 Å². The Bertz CT molecular complexity index is 1180. The molecule has 0 saturated heterocycles. The van der Waals surface area contributed by atoms with E-state index in [1.54, 1.807) is 4.90 Å². The maximum atomic E-state index is 12.4. The monoisotopic (exact) mass is 427 g/mol. The molecule has 0 amide bonds. The summed E-state index contributed by atoms with van der Waals surface area (Å²) in [4.78, 5) is 26.2. The fourth-order valence-electron chi connectivity index (χ4n) is 2.74. The number of fused-ring (bicyclic) bond motifs is 1. The first-order valence-electron chi connectivity index (χ1n) is 8.87. The molecule has 0 unspecified atom stereocenters. The minimum absolute atomic E-state index is 0.0124. The molecule has 0 aliphatic carbocycles. The van der Waals surface area contributed by atoms with E-state index in [-0.39, 0.29) is 48.0 Å². The smallest absolute Gasteiger partial charge is 0.340 e. The van der Waals surface area contributed by atoms with Crippen molar-refractivity contribution in [2.75, 3.05) is 23.3 Å². The molecule has 154 valence electrons. The summed E-state index contributed by atoms with van der Waals surface area (Å²) < 4.78 is 32.0. The van der Waals surface area contributed by atoms with Crippen LogP contribution >= 0.6 is 0 Å². The van der Waals surface area contributed by atoms with Crippen LogP contribution < -0.4 is 11.1 Å². The third kappa shape index (κ3) is 4.60. The Labute approximate surface area is 172 Å². The summed E-state index contributed by atoms with van der Waals surface area (Å²) >= 11 is 0. The maximum Gasteiger partial charge on any atom is 0.340 e. The molecule has 3 heterocycles. The number of nitrogens with two attached hydrogens (primary N) is 1. The van der Waals surface area contributed by atoms with Crippen molar-refractivity contribution in [3.63, 3.8) is 0 Å². The SMILES string of the molecule is Nc1nc(COC(=O)C2=CN3CCS(=O)(=O)N=C3C=C2)nc(Nc2ccccc2)n1. The van der Waals surface area contributed by atoms with E-state index in [0.29, 0.717) is 0 Å². The third-order valence-corrected chi connectivity index (χ3v) is 5.28. The lowest BCUT2D eigenvalue weighted by molar-refractivity contribution is -0.140. The molecule has 4 rings (SSSR count). The van der Waals surface area contributed by atoms with Crippen LogP contribution in [-0.4, -0.2) is 52.4 Å². The lowest BCUT2D eigenvalue weighted by Crippen LogP contribution is -2.37. The number of carbonyl (C=O) groups is 1. The van der Waals surface area contributed by atoms with Gasteiger partial charge in [-0.2, -0.15) is 15.0 Å². The molecule has 1 aromatic heterocycles. The molecule has 2 aromatic rings. The molecule has 0 fully saturated rings. The zero-order valence-electron chi connectivity index (χ0n) is 15.6. The number of hydrogen-bond donors (Lipinski definition) is 2. The van der Waals surface area contributed by atoms with E-state index in [2.05, 4.69) is 24.7 Å². The van der Waals surface area contributed by atoms with E-state index >= 15 is 0 Å². The number of amidine groups is 1. The lowest BCUT2D eigenvalue weighted by atomic mass is 10.2. The minimum atomic E-state index is -3.46. The number of ether oxygens (including phenoxy) is 1. The van der Waals surface area contributed by atoms with Gasteiger partial charge in [0.1, 0.15) is 5.84 Å². The molecule has 12 heteroatoms. The van der Waals surface area contributed by atoms with E-state index in [0.717, 1.165) is 5.69 Å². The first kappa shape index (κ1) is 19.5. The van der Waals surface area contributed by atoms with Crippen LogP contribution in [0.1, 0.15) is 5.82 Å². The number of rotatable bonds is 5. The Morgan fingerprint density at radius 1 is 1.17 bits per heavy atom. The van der Waals surface area contributed by atoms with Gasteiger partial charge >= 0.3 is 5.97 Å². The quantitative estimate of drug-likeness (QED) is 0.653. The van der Waals surface area contributed by atoms with Crippen LogP contribution in [-0.2, 0) is 26.2 Å². The molecular weight excluding hydrogens is 410 g/mol. The lowest BCUT2D eigenvalue weighted by Gasteiger charge is -2.26. The van der Waals surface area contributed by atoms with E-state index in [9.17, 15) is 13.2 Å². The van der Waals surface area contributed by atoms with Gasteiger partial charge in [-0.1, -0.05) is 18.2 Å². The number of nitrogens with zero attached hydrogens (tertiary/aromatic N) is 5. The molecule has 0 spiro atoms. The van der Waals surface area contributed by atoms with Gasteiger partial charge in [-0.3, -0.25) is 0 Å². The number of benzene rings is 1. The topological polar surface area (TPSA) is 153 Å². The van der Waals surface area contributed by atoms with Crippen LogP contribution in [0, 0.1) is 0 Å². The molecule has 2 aliphatic heterocycles. The van der Waals surface area contributed by atoms with Crippen LogP contribution in [0.15, 0.2) is 58.7 Å². The van der Waals surface area contributed by atoms with Gasteiger partial charge in [0.15, 0.2) is 12.4 Å². The van der Waals surface area contributed by atoms with Gasteiger partial charge in [0.2, 0.25) is 11.9 Å². The summed E-state index contributed by atoms with van der Waals surface area (Å²) in [5.74, 6) is -0.0747. The summed E-state index contributed by atoms with van der Waals surface area (Å²) in [6.07, 6.45) is 4.40. The van der Waals surface area contributed by atoms with Crippen molar-refractivity contribution in [1.82, 2.24) is 19.9 Å². The van der Waals surface area contributed by atoms with Gasteiger partial charge in [-0.05, 0) is 24.3 Å². The van der Waals surface area contributed by atoms with Crippen LogP contribution in [0.25, 0.3) is 0 Å². The second-order valence-corrected chi connectivity index (χ2v) is 8.10. The summed E-state index contributed by atoms with van der Waals surface area (Å²) in [5.41, 5.74) is 6.74. The van der Waals surface area contributed by atoms with Crippen molar-refractivity contribution < 1.29 is 17.9 Å². The molecule has 0 saturated carbocycles. The number of esters is 1. The Hall–Kier alpha value is -3.80. The molecule has 3 N–H and O–H groups in total. The Morgan fingerprint density at radius 3 is 2.77 bits per heavy atom. The molecule has 0 atom stereocenters. The Balaban J connectivity index is 1.42. The van der Waals surface area contributed by atoms with Crippen LogP contribution in [0.3, 0.4) is 0 Å². The highest BCUT2D eigenvalue weighted by Gasteiger charge is 2.25. The second-order valence-electron chi connectivity index (χ2n) is 6.35. The van der Waals surface area contributed by atoms with Crippen LogP contribution in [0.4, 0.5) is 17.6 Å². The fraction of sp³-hybridized carbons (Fsp3) is 0.167. The predicted molar refractivity (Wildman–Crippen MR) is 109 cm³/mol. The van der Waals surface area contributed by atoms with Gasteiger partial charge in [0.05, 0.1) is 11.3 Å². The summed E-state index contributed by atoms with van der Waals surface area (Å²) in [7, 11) is -3.46. The number of sulfonamides is 1. The highest BCUT2D eigenvalue weighted by Crippen LogP contribution is 2.17. The van der Waals surface area contributed by atoms with Gasteiger partial charge in [-0.15, -0.1) is 4.40 Å². The number of anilines is 3. The zero-order chi connectivity index (χ0) is 21.1. The fourth-order valence-corrected chi connectivity index (χ4v) is 3.71. The van der Waals surface area contributed by atoms with Crippen LogP contribution in [0.5, 0.6) is 0 Å². The summed E-state index contributed by atoms with van der Waals surface area (Å²) in [6.45, 7) is -0.00364.